The van der Waals surface area contributed by atoms with Crippen molar-refractivity contribution >= 4 is 44.8 Å². The van der Waals surface area contributed by atoms with Crippen LogP contribution in [0.15, 0.2) is 58.4 Å². The molecule has 8 heteroatoms. The van der Waals surface area contributed by atoms with Crippen LogP contribution in [-0.2, 0) is 11.2 Å². The topological polar surface area (TPSA) is 71.5 Å². The van der Waals surface area contributed by atoms with E-state index >= 15 is 0 Å². The van der Waals surface area contributed by atoms with E-state index in [9.17, 15) is 9.59 Å². The lowest BCUT2D eigenvalue weighted by atomic mass is 10.2. The molecule has 29 heavy (non-hydrogen) atoms. The fourth-order valence-corrected chi connectivity index (χ4v) is 4.13. The van der Waals surface area contributed by atoms with E-state index in [1.807, 2.05) is 42.5 Å². The van der Waals surface area contributed by atoms with E-state index < -0.39 is 6.04 Å². The minimum absolute atomic E-state index is 0.0712. The molecular weight excluding hydrogens is 454 g/mol. The van der Waals surface area contributed by atoms with Gasteiger partial charge in [0.05, 0.1) is 10.7 Å². The van der Waals surface area contributed by atoms with E-state index in [2.05, 4.69) is 26.2 Å². The molecule has 1 aliphatic heterocycles. The third-order valence-corrected chi connectivity index (χ3v) is 6.00. The van der Waals surface area contributed by atoms with Gasteiger partial charge in [-0.3, -0.25) is 9.59 Å². The number of amides is 2. The summed E-state index contributed by atoms with van der Waals surface area (Å²) < 4.78 is 6.75. The minimum atomic E-state index is -0.781. The molecule has 0 spiro atoms. The molecule has 1 aliphatic rings. The third-order valence-electron chi connectivity index (χ3n) is 4.62. The Hall–Kier alpha value is -2.71. The van der Waals surface area contributed by atoms with Gasteiger partial charge in [-0.05, 0) is 29.8 Å². The molecule has 148 valence electrons. The van der Waals surface area contributed by atoms with Crippen molar-refractivity contribution in [2.24, 2.45) is 0 Å². The summed E-state index contributed by atoms with van der Waals surface area (Å²) in [5, 5.41) is 5.31. The summed E-state index contributed by atoms with van der Waals surface area (Å²) in [6, 6.07) is 14.5. The number of hydrogen-bond acceptors (Lipinski definition) is 5. The molecule has 2 amide bonds. The molecule has 4 rings (SSSR count). The molecule has 2 heterocycles. The Morgan fingerprint density at radius 1 is 1.28 bits per heavy atom. The largest absolute Gasteiger partial charge is 0.489 e. The number of hydrogen-bond donors (Lipinski definition) is 1. The SMILES string of the molecule is CN1C(=O)C(NC(=O)c2csc(Cc3ccc(Br)cc3)n2)COc2ccccc21. The van der Waals surface area contributed by atoms with Crippen molar-refractivity contribution < 1.29 is 14.3 Å². The molecule has 2 aromatic carbocycles. The summed E-state index contributed by atoms with van der Waals surface area (Å²) in [6.45, 7) is 0.0712. The van der Waals surface area contributed by atoms with Gasteiger partial charge in [-0.25, -0.2) is 4.98 Å². The monoisotopic (exact) mass is 471 g/mol. The second-order valence-electron chi connectivity index (χ2n) is 6.63. The van der Waals surface area contributed by atoms with Gasteiger partial charge in [0, 0.05) is 23.3 Å². The first kappa shape index (κ1) is 19.6. The van der Waals surface area contributed by atoms with Crippen LogP contribution >= 0.6 is 27.3 Å². The number of carbonyl (C=O) groups excluding carboxylic acids is 2. The molecule has 3 aromatic rings. The van der Waals surface area contributed by atoms with Crippen LogP contribution in [0, 0.1) is 0 Å². The molecule has 0 bridgehead atoms. The van der Waals surface area contributed by atoms with Gasteiger partial charge in [0.2, 0.25) is 0 Å². The number of thiazole rings is 1. The van der Waals surface area contributed by atoms with Gasteiger partial charge in [0.25, 0.3) is 11.8 Å². The first-order valence-electron chi connectivity index (χ1n) is 9.00. The number of anilines is 1. The predicted octanol–water partition coefficient (Wildman–Crippen LogP) is 3.65. The fourth-order valence-electron chi connectivity index (χ4n) is 3.06. The predicted molar refractivity (Wildman–Crippen MR) is 116 cm³/mol. The van der Waals surface area contributed by atoms with Crippen molar-refractivity contribution in [1.82, 2.24) is 10.3 Å². The number of carbonyl (C=O) groups is 2. The Kier molecular flexibility index (Phi) is 5.64. The Morgan fingerprint density at radius 3 is 2.83 bits per heavy atom. The number of ether oxygens (including phenoxy) is 1. The number of fused-ring (bicyclic) bond motifs is 1. The maximum Gasteiger partial charge on any atom is 0.271 e. The van der Waals surface area contributed by atoms with E-state index in [-0.39, 0.29) is 18.4 Å². The van der Waals surface area contributed by atoms with Crippen LogP contribution in [0.3, 0.4) is 0 Å². The van der Waals surface area contributed by atoms with Gasteiger partial charge < -0.3 is 15.0 Å². The number of rotatable bonds is 4. The van der Waals surface area contributed by atoms with Crippen LogP contribution in [-0.4, -0.2) is 36.5 Å². The maximum atomic E-state index is 12.8. The smallest absolute Gasteiger partial charge is 0.271 e. The number of halogens is 1. The van der Waals surface area contributed by atoms with Gasteiger partial charge in [0.15, 0.2) is 0 Å². The molecule has 6 nitrogen and oxygen atoms in total. The van der Waals surface area contributed by atoms with Crippen molar-refractivity contribution in [3.05, 3.63) is 74.6 Å². The second-order valence-corrected chi connectivity index (χ2v) is 8.49. The van der Waals surface area contributed by atoms with Crippen LogP contribution in [0.5, 0.6) is 5.75 Å². The minimum Gasteiger partial charge on any atom is -0.489 e. The highest BCUT2D eigenvalue weighted by molar-refractivity contribution is 9.10. The summed E-state index contributed by atoms with van der Waals surface area (Å²) in [5.41, 5.74) is 2.10. The van der Waals surface area contributed by atoms with Crippen LogP contribution < -0.4 is 15.0 Å². The number of nitrogens with one attached hydrogen (secondary N) is 1. The van der Waals surface area contributed by atoms with Crippen molar-refractivity contribution in [2.45, 2.75) is 12.5 Å². The molecule has 1 unspecified atom stereocenters. The van der Waals surface area contributed by atoms with Gasteiger partial charge >= 0.3 is 0 Å². The number of benzene rings is 2. The lowest BCUT2D eigenvalue weighted by molar-refractivity contribution is -0.120. The first-order valence-corrected chi connectivity index (χ1v) is 10.7. The molecule has 1 atom stereocenters. The quantitative estimate of drug-likeness (QED) is 0.630. The zero-order valence-corrected chi connectivity index (χ0v) is 18.0. The highest BCUT2D eigenvalue weighted by atomic mass is 79.9. The zero-order chi connectivity index (χ0) is 20.4. The maximum absolute atomic E-state index is 12.8. The van der Waals surface area contributed by atoms with Crippen LogP contribution in [0.25, 0.3) is 0 Å². The lowest BCUT2D eigenvalue weighted by Crippen LogP contribution is -2.49. The highest BCUT2D eigenvalue weighted by Crippen LogP contribution is 2.30. The summed E-state index contributed by atoms with van der Waals surface area (Å²) in [7, 11) is 1.67. The molecule has 0 radical (unpaired) electrons. The Morgan fingerprint density at radius 2 is 2.03 bits per heavy atom. The molecule has 0 saturated heterocycles. The average molecular weight is 472 g/mol. The number of likely N-dealkylation sites (N-methyl/N-ethyl adjacent to an activating group) is 1. The van der Waals surface area contributed by atoms with Gasteiger partial charge in [0.1, 0.15) is 24.1 Å². The van der Waals surface area contributed by atoms with E-state index in [0.29, 0.717) is 23.6 Å². The normalized spacial score (nSPS) is 16.0. The number of aromatic nitrogens is 1. The Bertz CT molecular complexity index is 1050. The molecule has 1 aromatic heterocycles. The summed E-state index contributed by atoms with van der Waals surface area (Å²) in [4.78, 5) is 31.4. The molecule has 0 saturated carbocycles. The van der Waals surface area contributed by atoms with Crippen molar-refractivity contribution in [1.29, 1.82) is 0 Å². The van der Waals surface area contributed by atoms with Gasteiger partial charge in [-0.15, -0.1) is 11.3 Å². The lowest BCUT2D eigenvalue weighted by Gasteiger charge is -2.20. The molecular formula is C21H18BrN3O3S. The number of nitrogens with zero attached hydrogens (tertiary/aromatic N) is 2. The summed E-state index contributed by atoms with van der Waals surface area (Å²) >= 11 is 4.84. The van der Waals surface area contributed by atoms with Crippen LogP contribution in [0.4, 0.5) is 5.69 Å². The standard InChI is InChI=1S/C21H18BrN3O3S/c1-25-17-4-2-3-5-18(17)28-11-15(21(25)27)24-20(26)16-12-29-19(23-16)10-13-6-8-14(22)9-7-13/h2-9,12,15H,10-11H2,1H3,(H,24,26). The Balaban J connectivity index is 1.44. The van der Waals surface area contributed by atoms with E-state index in [4.69, 9.17) is 4.74 Å². The van der Waals surface area contributed by atoms with Crippen molar-refractivity contribution in [3.8, 4) is 5.75 Å². The average Bonchev–Trinajstić information content (AvgIpc) is 3.16. The van der Waals surface area contributed by atoms with E-state index in [0.717, 1.165) is 15.0 Å². The van der Waals surface area contributed by atoms with Crippen LogP contribution in [0.1, 0.15) is 21.1 Å². The molecule has 1 N–H and O–H groups in total. The fraction of sp³-hybridized carbons (Fsp3) is 0.190. The zero-order valence-electron chi connectivity index (χ0n) is 15.6. The van der Waals surface area contributed by atoms with Crippen molar-refractivity contribution in [3.63, 3.8) is 0 Å². The second kappa shape index (κ2) is 8.34. The van der Waals surface area contributed by atoms with Crippen LogP contribution in [0.2, 0.25) is 0 Å². The summed E-state index contributed by atoms with van der Waals surface area (Å²) in [5.74, 6) is 0.00349. The highest BCUT2D eigenvalue weighted by Gasteiger charge is 2.31. The Labute approximate surface area is 180 Å². The third kappa shape index (κ3) is 4.33. The van der Waals surface area contributed by atoms with Gasteiger partial charge in [-0.2, -0.15) is 0 Å². The van der Waals surface area contributed by atoms with Gasteiger partial charge in [-0.1, -0.05) is 40.2 Å². The van der Waals surface area contributed by atoms with E-state index in [1.54, 1.807) is 18.5 Å². The number of para-hydroxylation sites is 2. The van der Waals surface area contributed by atoms with E-state index in [1.165, 1.54) is 16.2 Å². The first-order chi connectivity index (χ1) is 14.0. The molecule has 0 fully saturated rings. The van der Waals surface area contributed by atoms with Crippen molar-refractivity contribution in [2.75, 3.05) is 18.6 Å². The molecule has 0 aliphatic carbocycles. The summed E-state index contributed by atoms with van der Waals surface area (Å²) in [6.07, 6.45) is 0.648.